The molecule has 3 N–H and O–H groups in total. The van der Waals surface area contributed by atoms with Crippen molar-refractivity contribution in [3.63, 3.8) is 0 Å². The molecular formula is C11H15BrN2S2. The summed E-state index contributed by atoms with van der Waals surface area (Å²) in [5.74, 6) is 0. The molecule has 1 aromatic rings. The van der Waals surface area contributed by atoms with Crippen LogP contribution in [0.4, 0.5) is 5.69 Å². The van der Waals surface area contributed by atoms with Gasteiger partial charge in [-0.25, -0.2) is 0 Å². The minimum Gasteiger partial charge on any atom is -0.389 e. The average Bonchev–Trinajstić information content (AvgIpc) is 2.25. The molecule has 0 bridgehead atoms. The van der Waals surface area contributed by atoms with Gasteiger partial charge in [0.1, 0.15) is 4.99 Å². The minimum atomic E-state index is 0.423. The molecule has 1 unspecified atom stereocenters. The van der Waals surface area contributed by atoms with E-state index >= 15 is 0 Å². The maximum Gasteiger partial charge on any atom is 0.106 e. The Kier molecular flexibility index (Phi) is 5.58. The highest BCUT2D eigenvalue weighted by molar-refractivity contribution is 9.10. The smallest absolute Gasteiger partial charge is 0.106 e. The second-order valence-electron chi connectivity index (χ2n) is 3.48. The van der Waals surface area contributed by atoms with Crippen LogP contribution in [0.5, 0.6) is 0 Å². The molecule has 0 saturated heterocycles. The van der Waals surface area contributed by atoms with Crippen molar-refractivity contribution >= 4 is 50.6 Å². The van der Waals surface area contributed by atoms with Crippen LogP contribution in [-0.2, 0) is 0 Å². The van der Waals surface area contributed by atoms with Gasteiger partial charge in [-0.1, -0.05) is 35.1 Å². The van der Waals surface area contributed by atoms with Gasteiger partial charge in [0, 0.05) is 27.5 Å². The maximum atomic E-state index is 5.67. The van der Waals surface area contributed by atoms with Crippen molar-refractivity contribution in [2.45, 2.75) is 12.2 Å². The molecule has 5 heteroatoms. The van der Waals surface area contributed by atoms with E-state index in [0.717, 1.165) is 22.3 Å². The predicted molar refractivity (Wildman–Crippen MR) is 81.5 cm³/mol. The third-order valence-corrected chi connectivity index (χ3v) is 3.91. The number of thiocarbonyl (C=S) groups is 1. The van der Waals surface area contributed by atoms with E-state index in [1.807, 2.05) is 30.0 Å². The lowest BCUT2D eigenvalue weighted by atomic mass is 10.2. The summed E-state index contributed by atoms with van der Waals surface area (Å²) in [5.41, 5.74) is 7.56. The number of hydrogen-bond donors (Lipinski definition) is 2. The summed E-state index contributed by atoms with van der Waals surface area (Å²) in [6, 6.07) is 5.87. The van der Waals surface area contributed by atoms with Crippen molar-refractivity contribution in [3.8, 4) is 0 Å². The van der Waals surface area contributed by atoms with Crippen LogP contribution >= 0.6 is 39.9 Å². The van der Waals surface area contributed by atoms with E-state index in [9.17, 15) is 0 Å². The van der Waals surface area contributed by atoms with Crippen molar-refractivity contribution in [2.75, 3.05) is 18.1 Å². The van der Waals surface area contributed by atoms with Gasteiger partial charge < -0.3 is 11.1 Å². The Balaban J connectivity index is 2.84. The Morgan fingerprint density at radius 2 is 2.31 bits per heavy atom. The van der Waals surface area contributed by atoms with Crippen LogP contribution in [0.1, 0.15) is 12.5 Å². The number of nitrogens with one attached hydrogen (secondary N) is 1. The predicted octanol–water partition coefficient (Wildman–Crippen LogP) is 3.25. The first-order valence-corrected chi connectivity index (χ1v) is 7.39. The molecule has 0 fully saturated rings. The highest BCUT2D eigenvalue weighted by atomic mass is 79.9. The van der Waals surface area contributed by atoms with Crippen LogP contribution in [0.3, 0.4) is 0 Å². The first kappa shape index (κ1) is 13.8. The molecule has 0 amide bonds. The molecule has 0 heterocycles. The second kappa shape index (κ2) is 6.47. The van der Waals surface area contributed by atoms with Gasteiger partial charge in [0.2, 0.25) is 0 Å². The number of nitrogens with two attached hydrogens (primary N) is 1. The first-order valence-electron chi connectivity index (χ1n) is 4.90. The third kappa shape index (κ3) is 3.96. The van der Waals surface area contributed by atoms with Crippen LogP contribution in [-0.4, -0.2) is 23.0 Å². The fraction of sp³-hybridized carbons (Fsp3) is 0.364. The highest BCUT2D eigenvalue weighted by Crippen LogP contribution is 2.22. The zero-order chi connectivity index (χ0) is 12.1. The minimum absolute atomic E-state index is 0.423. The van der Waals surface area contributed by atoms with Gasteiger partial charge in [0.25, 0.3) is 0 Å². The zero-order valence-corrected chi connectivity index (χ0v) is 12.5. The van der Waals surface area contributed by atoms with Gasteiger partial charge in [-0.15, -0.1) is 0 Å². The number of thioether (sulfide) groups is 1. The largest absolute Gasteiger partial charge is 0.389 e. The SMILES string of the molecule is CSC(C)CNc1cc(Br)ccc1C(N)=S. The Labute approximate surface area is 114 Å². The molecule has 0 aromatic heterocycles. The summed E-state index contributed by atoms with van der Waals surface area (Å²) in [6.07, 6.45) is 2.10. The molecule has 1 atom stereocenters. The number of hydrogen-bond acceptors (Lipinski definition) is 3. The molecule has 0 spiro atoms. The van der Waals surface area contributed by atoms with E-state index < -0.39 is 0 Å². The van der Waals surface area contributed by atoms with E-state index in [2.05, 4.69) is 34.4 Å². The molecule has 0 aliphatic heterocycles. The summed E-state index contributed by atoms with van der Waals surface area (Å²) in [5, 5.41) is 3.92. The summed E-state index contributed by atoms with van der Waals surface area (Å²) < 4.78 is 1.02. The highest BCUT2D eigenvalue weighted by Gasteiger charge is 2.07. The molecule has 0 saturated carbocycles. The fourth-order valence-corrected chi connectivity index (χ4v) is 2.00. The lowest BCUT2D eigenvalue weighted by Gasteiger charge is -2.14. The van der Waals surface area contributed by atoms with Crippen LogP contribution in [0.2, 0.25) is 0 Å². The van der Waals surface area contributed by atoms with Crippen molar-refractivity contribution in [3.05, 3.63) is 28.2 Å². The van der Waals surface area contributed by atoms with Crippen LogP contribution in [0.15, 0.2) is 22.7 Å². The Hall–Kier alpha value is -0.260. The van der Waals surface area contributed by atoms with E-state index in [-0.39, 0.29) is 0 Å². The summed E-state index contributed by atoms with van der Waals surface area (Å²) in [6.45, 7) is 3.07. The zero-order valence-electron chi connectivity index (χ0n) is 9.29. The summed E-state index contributed by atoms with van der Waals surface area (Å²) in [4.78, 5) is 0.423. The maximum absolute atomic E-state index is 5.67. The first-order chi connectivity index (χ1) is 7.54. The van der Waals surface area contributed by atoms with Gasteiger partial charge >= 0.3 is 0 Å². The number of benzene rings is 1. The molecule has 1 aromatic carbocycles. The van der Waals surface area contributed by atoms with E-state index in [1.165, 1.54) is 0 Å². The Morgan fingerprint density at radius 3 is 2.88 bits per heavy atom. The van der Waals surface area contributed by atoms with Gasteiger partial charge in [-0.2, -0.15) is 11.8 Å². The van der Waals surface area contributed by atoms with E-state index in [4.69, 9.17) is 18.0 Å². The lowest BCUT2D eigenvalue weighted by Crippen LogP contribution is -2.17. The van der Waals surface area contributed by atoms with E-state index in [0.29, 0.717) is 10.2 Å². The van der Waals surface area contributed by atoms with Gasteiger partial charge in [-0.3, -0.25) is 0 Å². The normalized spacial score (nSPS) is 12.2. The van der Waals surface area contributed by atoms with Crippen molar-refractivity contribution in [1.82, 2.24) is 0 Å². The van der Waals surface area contributed by atoms with Crippen LogP contribution in [0.25, 0.3) is 0 Å². The third-order valence-electron chi connectivity index (χ3n) is 2.23. The number of anilines is 1. The number of halogens is 1. The lowest BCUT2D eigenvalue weighted by molar-refractivity contribution is 1.00. The molecule has 2 nitrogen and oxygen atoms in total. The van der Waals surface area contributed by atoms with E-state index in [1.54, 1.807) is 0 Å². The standard InChI is InChI=1S/C11H15BrN2S2/c1-7(16-2)6-14-10-5-8(12)3-4-9(10)11(13)15/h3-5,7,14H,6H2,1-2H3,(H2,13,15). The van der Waals surface area contributed by atoms with Crippen LogP contribution in [0, 0.1) is 0 Å². The number of rotatable bonds is 5. The molecule has 0 radical (unpaired) electrons. The molecule has 88 valence electrons. The van der Waals surface area contributed by atoms with Gasteiger partial charge in [0.05, 0.1) is 0 Å². The monoisotopic (exact) mass is 318 g/mol. The fourth-order valence-electron chi connectivity index (χ4n) is 1.21. The molecule has 1 rings (SSSR count). The molecular weight excluding hydrogens is 304 g/mol. The molecule has 16 heavy (non-hydrogen) atoms. The Morgan fingerprint density at radius 1 is 1.62 bits per heavy atom. The second-order valence-corrected chi connectivity index (χ2v) is 6.11. The summed E-state index contributed by atoms with van der Waals surface area (Å²) in [7, 11) is 0. The van der Waals surface area contributed by atoms with Gasteiger partial charge in [0.15, 0.2) is 0 Å². The van der Waals surface area contributed by atoms with Crippen molar-refractivity contribution in [2.24, 2.45) is 5.73 Å². The van der Waals surface area contributed by atoms with Crippen molar-refractivity contribution < 1.29 is 0 Å². The topological polar surface area (TPSA) is 38.0 Å². The quantitative estimate of drug-likeness (QED) is 0.817. The van der Waals surface area contributed by atoms with Gasteiger partial charge in [-0.05, 0) is 24.5 Å². The van der Waals surface area contributed by atoms with Crippen LogP contribution < -0.4 is 11.1 Å². The summed E-state index contributed by atoms with van der Waals surface area (Å²) >= 11 is 10.3. The average molecular weight is 319 g/mol. The van der Waals surface area contributed by atoms with Crippen molar-refractivity contribution in [1.29, 1.82) is 0 Å². The molecule has 0 aliphatic rings. The Bertz CT molecular complexity index is 382. The molecule has 0 aliphatic carbocycles.